The van der Waals surface area contributed by atoms with Crippen LogP contribution in [-0.2, 0) is 0 Å². The van der Waals surface area contributed by atoms with E-state index in [0.29, 0.717) is 11.1 Å². The smallest absolute Gasteiger partial charge is 0.194 e. The maximum absolute atomic E-state index is 12.5. The third-order valence-electron chi connectivity index (χ3n) is 2.98. The Morgan fingerprint density at radius 3 is 2.35 bits per heavy atom. The van der Waals surface area contributed by atoms with Crippen LogP contribution in [0.1, 0.15) is 15.9 Å². The number of benzene rings is 2. The van der Waals surface area contributed by atoms with E-state index in [2.05, 4.69) is 36.8 Å². The fourth-order valence-corrected chi connectivity index (χ4v) is 3.34. The summed E-state index contributed by atoms with van der Waals surface area (Å²) in [4.78, 5) is 16.8. The van der Waals surface area contributed by atoms with Crippen molar-refractivity contribution in [3.8, 4) is 0 Å². The van der Waals surface area contributed by atoms with E-state index in [0.717, 1.165) is 19.8 Å². The molecule has 20 heavy (non-hydrogen) atoms. The number of rotatable bonds is 2. The number of halogens is 2. The van der Waals surface area contributed by atoms with Crippen LogP contribution in [0.15, 0.2) is 63.7 Å². The van der Waals surface area contributed by atoms with Crippen LogP contribution < -0.4 is 0 Å². The summed E-state index contributed by atoms with van der Waals surface area (Å²) in [6.07, 6.45) is 1.62. The predicted octanol–water partition coefficient (Wildman–Crippen LogP) is 4.99. The highest BCUT2D eigenvalue weighted by Gasteiger charge is 2.11. The molecule has 0 aliphatic rings. The first-order valence-electron chi connectivity index (χ1n) is 5.99. The topological polar surface area (TPSA) is 30.0 Å². The van der Waals surface area contributed by atoms with Crippen molar-refractivity contribution >= 4 is 48.5 Å². The van der Waals surface area contributed by atoms with Crippen molar-refractivity contribution in [3.63, 3.8) is 0 Å². The fraction of sp³-hybridized carbons (Fsp3) is 0. The maximum Gasteiger partial charge on any atom is 0.194 e. The van der Waals surface area contributed by atoms with Crippen LogP contribution in [0.3, 0.4) is 0 Å². The van der Waals surface area contributed by atoms with E-state index in [1.54, 1.807) is 6.20 Å². The van der Waals surface area contributed by atoms with Gasteiger partial charge in [-0.1, -0.05) is 50.1 Å². The molecular formula is C16H9Br2NO. The van der Waals surface area contributed by atoms with Gasteiger partial charge in [0.2, 0.25) is 0 Å². The van der Waals surface area contributed by atoms with E-state index < -0.39 is 0 Å². The molecule has 0 spiro atoms. The molecule has 2 nitrogen and oxygen atoms in total. The minimum absolute atomic E-state index is 0.0368. The van der Waals surface area contributed by atoms with E-state index >= 15 is 0 Å². The van der Waals surface area contributed by atoms with Crippen LogP contribution in [0.2, 0.25) is 0 Å². The van der Waals surface area contributed by atoms with Gasteiger partial charge in [0.05, 0.1) is 5.52 Å². The highest BCUT2D eigenvalue weighted by atomic mass is 79.9. The summed E-state index contributed by atoms with van der Waals surface area (Å²) < 4.78 is 1.73. The number of para-hydroxylation sites is 1. The third kappa shape index (κ3) is 2.67. The van der Waals surface area contributed by atoms with Crippen molar-refractivity contribution < 1.29 is 4.79 Å². The Balaban J connectivity index is 2.07. The highest BCUT2D eigenvalue weighted by molar-refractivity contribution is 9.11. The number of carbonyl (C=O) groups is 1. The molecule has 2 aromatic carbocycles. The molecule has 3 aromatic rings. The van der Waals surface area contributed by atoms with Gasteiger partial charge in [-0.3, -0.25) is 9.78 Å². The van der Waals surface area contributed by atoms with Gasteiger partial charge < -0.3 is 0 Å². The van der Waals surface area contributed by atoms with E-state index in [4.69, 9.17) is 0 Å². The zero-order chi connectivity index (χ0) is 14.1. The maximum atomic E-state index is 12.5. The first kappa shape index (κ1) is 13.5. The van der Waals surface area contributed by atoms with Crippen molar-refractivity contribution in [1.29, 1.82) is 0 Å². The first-order chi connectivity index (χ1) is 9.63. The van der Waals surface area contributed by atoms with E-state index in [9.17, 15) is 4.79 Å². The summed E-state index contributed by atoms with van der Waals surface area (Å²) in [7, 11) is 0. The van der Waals surface area contributed by atoms with Gasteiger partial charge in [0.25, 0.3) is 0 Å². The predicted molar refractivity (Wildman–Crippen MR) is 87.0 cm³/mol. The molecule has 0 N–H and O–H groups in total. The van der Waals surface area contributed by atoms with Crippen molar-refractivity contribution in [2.75, 3.05) is 0 Å². The summed E-state index contributed by atoms with van der Waals surface area (Å²) >= 11 is 6.79. The van der Waals surface area contributed by atoms with Gasteiger partial charge in [-0.25, -0.2) is 0 Å². The molecule has 0 atom stereocenters. The van der Waals surface area contributed by atoms with Crippen molar-refractivity contribution in [3.05, 3.63) is 74.8 Å². The average molecular weight is 391 g/mol. The molecule has 3 rings (SSSR count). The molecule has 0 saturated carbocycles. The van der Waals surface area contributed by atoms with Gasteiger partial charge in [-0.15, -0.1) is 0 Å². The molecule has 1 heterocycles. The molecule has 0 aliphatic heterocycles. The summed E-state index contributed by atoms with van der Waals surface area (Å²) in [6, 6.07) is 15.1. The lowest BCUT2D eigenvalue weighted by Crippen LogP contribution is -2.02. The first-order valence-corrected chi connectivity index (χ1v) is 7.58. The minimum atomic E-state index is -0.0368. The zero-order valence-corrected chi connectivity index (χ0v) is 13.5. The summed E-state index contributed by atoms with van der Waals surface area (Å²) in [5, 5.41) is 0.965. The van der Waals surface area contributed by atoms with Gasteiger partial charge >= 0.3 is 0 Å². The molecule has 0 bridgehead atoms. The van der Waals surface area contributed by atoms with E-state index in [1.807, 2.05) is 48.5 Å². The molecule has 0 radical (unpaired) electrons. The number of ketones is 1. The highest BCUT2D eigenvalue weighted by Crippen LogP contribution is 2.23. The Hall–Kier alpha value is -1.52. The second kappa shape index (κ2) is 5.46. The second-order valence-electron chi connectivity index (χ2n) is 4.40. The molecular weight excluding hydrogens is 382 g/mol. The summed E-state index contributed by atoms with van der Waals surface area (Å²) in [6.45, 7) is 0. The Morgan fingerprint density at radius 1 is 0.900 bits per heavy atom. The summed E-state index contributed by atoms with van der Waals surface area (Å²) in [5.74, 6) is -0.0368. The van der Waals surface area contributed by atoms with Gasteiger partial charge in [-0.2, -0.15) is 0 Å². The minimum Gasteiger partial charge on any atom is -0.289 e. The quantitative estimate of drug-likeness (QED) is 0.577. The van der Waals surface area contributed by atoms with Crippen LogP contribution in [0.4, 0.5) is 0 Å². The molecule has 0 unspecified atom stereocenters. The SMILES string of the molecule is O=C(c1cc(Br)cc(Br)c1)c1cnc2ccccc2c1. The number of pyridine rings is 1. The Morgan fingerprint density at radius 2 is 1.60 bits per heavy atom. The van der Waals surface area contributed by atoms with Gasteiger partial charge in [0.15, 0.2) is 5.78 Å². The number of hydrogen-bond acceptors (Lipinski definition) is 2. The lowest BCUT2D eigenvalue weighted by Gasteiger charge is -2.04. The van der Waals surface area contributed by atoms with Gasteiger partial charge in [0, 0.05) is 31.7 Å². The van der Waals surface area contributed by atoms with Crippen molar-refractivity contribution in [2.24, 2.45) is 0 Å². The van der Waals surface area contributed by atoms with Crippen LogP contribution in [-0.4, -0.2) is 10.8 Å². The van der Waals surface area contributed by atoms with Crippen molar-refractivity contribution in [2.45, 2.75) is 0 Å². The normalized spacial score (nSPS) is 10.7. The summed E-state index contributed by atoms with van der Waals surface area (Å²) in [5.41, 5.74) is 2.11. The van der Waals surface area contributed by atoms with Crippen LogP contribution in [0, 0.1) is 0 Å². The van der Waals surface area contributed by atoms with Crippen LogP contribution in [0.5, 0.6) is 0 Å². The number of aromatic nitrogens is 1. The lowest BCUT2D eigenvalue weighted by atomic mass is 10.0. The number of hydrogen-bond donors (Lipinski definition) is 0. The van der Waals surface area contributed by atoms with Gasteiger partial charge in [-0.05, 0) is 30.3 Å². The zero-order valence-electron chi connectivity index (χ0n) is 10.3. The number of fused-ring (bicyclic) bond motifs is 1. The van der Waals surface area contributed by atoms with Crippen LogP contribution >= 0.6 is 31.9 Å². The third-order valence-corrected chi connectivity index (χ3v) is 3.89. The van der Waals surface area contributed by atoms with Gasteiger partial charge in [0.1, 0.15) is 0 Å². The van der Waals surface area contributed by atoms with E-state index in [1.165, 1.54) is 0 Å². The number of carbonyl (C=O) groups excluding carboxylic acids is 1. The lowest BCUT2D eigenvalue weighted by molar-refractivity contribution is 0.103. The average Bonchev–Trinajstić information content (AvgIpc) is 2.45. The molecule has 4 heteroatoms. The monoisotopic (exact) mass is 389 g/mol. The van der Waals surface area contributed by atoms with Crippen LogP contribution in [0.25, 0.3) is 10.9 Å². The standard InChI is InChI=1S/C16H9Br2NO/c17-13-6-11(7-14(18)8-13)16(20)12-5-10-3-1-2-4-15(10)19-9-12/h1-9H. The molecule has 0 amide bonds. The Kier molecular flexibility index (Phi) is 3.68. The largest absolute Gasteiger partial charge is 0.289 e. The Bertz CT molecular complexity index is 794. The molecule has 0 aliphatic carbocycles. The molecule has 98 valence electrons. The number of nitrogens with zero attached hydrogens (tertiary/aromatic N) is 1. The molecule has 0 saturated heterocycles. The van der Waals surface area contributed by atoms with Crippen molar-refractivity contribution in [1.82, 2.24) is 4.98 Å². The molecule has 0 fully saturated rings. The fourth-order valence-electron chi connectivity index (χ4n) is 2.05. The second-order valence-corrected chi connectivity index (χ2v) is 6.24. The Labute approximate surface area is 133 Å². The molecule has 1 aromatic heterocycles. The van der Waals surface area contributed by atoms with E-state index in [-0.39, 0.29) is 5.78 Å².